The Balaban J connectivity index is 5.20. The number of aliphatic hydroxyl groups is 1. The summed E-state index contributed by atoms with van der Waals surface area (Å²) in [5, 5.41) is 20.6. The number of oxime groups is 1. The third-order valence-electron chi connectivity index (χ3n) is 3.08. The molecule has 0 aromatic rings. The molecule has 0 saturated carbocycles. The normalized spacial score (nSPS) is 15.8. The third kappa shape index (κ3) is 3.33. The van der Waals surface area contributed by atoms with Crippen LogP contribution >= 0.6 is 0 Å². The number of amides is 1. The molecule has 17 heavy (non-hydrogen) atoms. The van der Waals surface area contributed by atoms with Crippen molar-refractivity contribution < 1.29 is 15.1 Å². The summed E-state index contributed by atoms with van der Waals surface area (Å²) in [4.78, 5) is 13.9. The zero-order chi connectivity index (χ0) is 13.6. The minimum atomic E-state index is -1.03. The van der Waals surface area contributed by atoms with E-state index >= 15 is 0 Å². The van der Waals surface area contributed by atoms with Crippen LogP contribution in [0.2, 0.25) is 0 Å². The fourth-order valence-corrected chi connectivity index (χ4v) is 1.57. The minimum absolute atomic E-state index is 0.0491. The Bertz CT molecular complexity index is 292. The second-order valence-electron chi connectivity index (χ2n) is 4.49. The van der Waals surface area contributed by atoms with E-state index in [0.717, 1.165) is 0 Å². The molecular formula is C11H23N3O3. The minimum Gasteiger partial charge on any atom is -0.409 e. The second-order valence-corrected chi connectivity index (χ2v) is 4.49. The fraction of sp³-hybridized carbons (Fsp3) is 0.818. The molecule has 4 N–H and O–H groups in total. The molecule has 0 rings (SSSR count). The highest BCUT2D eigenvalue weighted by Gasteiger charge is 2.40. The van der Waals surface area contributed by atoms with Crippen LogP contribution in [0.3, 0.4) is 0 Å². The number of hydrogen-bond donors (Lipinski definition) is 3. The van der Waals surface area contributed by atoms with Crippen LogP contribution in [0, 0.1) is 5.41 Å². The molecule has 1 amide bonds. The van der Waals surface area contributed by atoms with Gasteiger partial charge < -0.3 is 20.9 Å². The van der Waals surface area contributed by atoms with Crippen molar-refractivity contribution in [3.63, 3.8) is 0 Å². The van der Waals surface area contributed by atoms with Crippen LogP contribution in [0.5, 0.6) is 0 Å². The van der Waals surface area contributed by atoms with Gasteiger partial charge in [0.25, 0.3) is 0 Å². The molecular weight excluding hydrogens is 222 g/mol. The first-order chi connectivity index (χ1) is 7.84. The zero-order valence-electron chi connectivity index (χ0n) is 11.0. The molecule has 0 saturated heterocycles. The highest BCUT2D eigenvalue weighted by Crippen LogP contribution is 2.25. The number of nitrogens with two attached hydrogens (primary N) is 1. The second kappa shape index (κ2) is 6.44. The largest absolute Gasteiger partial charge is 0.409 e. The van der Waals surface area contributed by atoms with E-state index in [1.54, 1.807) is 13.8 Å². The average Bonchev–Trinajstić information content (AvgIpc) is 2.32. The van der Waals surface area contributed by atoms with Gasteiger partial charge in [-0.25, -0.2) is 0 Å². The van der Waals surface area contributed by atoms with E-state index in [0.29, 0.717) is 6.42 Å². The van der Waals surface area contributed by atoms with Crippen LogP contribution in [0.1, 0.15) is 34.1 Å². The van der Waals surface area contributed by atoms with E-state index in [-0.39, 0.29) is 30.9 Å². The first kappa shape index (κ1) is 15.7. The quantitative estimate of drug-likeness (QED) is 0.272. The topological polar surface area (TPSA) is 99.2 Å². The average molecular weight is 245 g/mol. The predicted molar refractivity (Wildman–Crippen MR) is 65.7 cm³/mol. The van der Waals surface area contributed by atoms with Crippen LogP contribution in [0.15, 0.2) is 5.16 Å². The van der Waals surface area contributed by atoms with E-state index in [9.17, 15) is 4.79 Å². The van der Waals surface area contributed by atoms with Crippen molar-refractivity contribution in [3.05, 3.63) is 0 Å². The summed E-state index contributed by atoms with van der Waals surface area (Å²) >= 11 is 0. The van der Waals surface area contributed by atoms with Gasteiger partial charge in [0.05, 0.1) is 6.61 Å². The van der Waals surface area contributed by atoms with Crippen LogP contribution in [-0.2, 0) is 4.79 Å². The lowest BCUT2D eigenvalue weighted by Gasteiger charge is -2.35. The molecule has 0 heterocycles. The van der Waals surface area contributed by atoms with Gasteiger partial charge in [-0.15, -0.1) is 0 Å². The Morgan fingerprint density at radius 1 is 1.53 bits per heavy atom. The molecule has 0 spiro atoms. The number of nitrogens with zero attached hydrogens (tertiary/aromatic N) is 2. The monoisotopic (exact) mass is 245 g/mol. The van der Waals surface area contributed by atoms with Gasteiger partial charge in [-0.3, -0.25) is 4.79 Å². The molecule has 0 aromatic heterocycles. The van der Waals surface area contributed by atoms with E-state index in [1.165, 1.54) is 4.90 Å². The van der Waals surface area contributed by atoms with Crippen molar-refractivity contribution in [2.24, 2.45) is 16.3 Å². The molecule has 100 valence electrons. The number of rotatable bonds is 6. The van der Waals surface area contributed by atoms with Crippen LogP contribution in [-0.4, -0.2) is 46.1 Å². The first-order valence-electron chi connectivity index (χ1n) is 5.75. The number of aliphatic hydroxyl groups excluding tert-OH is 1. The fourth-order valence-electron chi connectivity index (χ4n) is 1.57. The highest BCUT2D eigenvalue weighted by molar-refractivity contribution is 6.06. The third-order valence-corrected chi connectivity index (χ3v) is 3.08. The highest BCUT2D eigenvalue weighted by atomic mass is 16.4. The Hall–Kier alpha value is -1.30. The van der Waals surface area contributed by atoms with Crippen molar-refractivity contribution in [1.82, 2.24) is 4.90 Å². The molecule has 0 aliphatic heterocycles. The SMILES string of the molecule is CCC(C)(C(=O)N(CCO)C(C)C)C(N)=NO. The zero-order valence-corrected chi connectivity index (χ0v) is 11.0. The molecule has 0 aliphatic rings. The summed E-state index contributed by atoms with van der Waals surface area (Å²) < 4.78 is 0. The summed E-state index contributed by atoms with van der Waals surface area (Å²) in [5.41, 5.74) is 4.55. The summed E-state index contributed by atoms with van der Waals surface area (Å²) in [7, 11) is 0. The van der Waals surface area contributed by atoms with Crippen molar-refractivity contribution in [2.75, 3.05) is 13.2 Å². The van der Waals surface area contributed by atoms with Gasteiger partial charge in [-0.2, -0.15) is 0 Å². The standard InChI is InChI=1S/C11H23N3O3/c1-5-11(4,9(12)13-17)10(16)14(6-7-15)8(2)3/h8,15,17H,5-7H2,1-4H3,(H2,12,13). The van der Waals surface area contributed by atoms with Crippen molar-refractivity contribution in [1.29, 1.82) is 0 Å². The van der Waals surface area contributed by atoms with Gasteiger partial charge in [0.15, 0.2) is 5.84 Å². The Morgan fingerprint density at radius 3 is 2.35 bits per heavy atom. The van der Waals surface area contributed by atoms with Crippen LogP contribution < -0.4 is 5.73 Å². The Morgan fingerprint density at radius 2 is 2.06 bits per heavy atom. The number of hydrogen-bond acceptors (Lipinski definition) is 4. The summed E-state index contributed by atoms with van der Waals surface area (Å²) in [6.45, 7) is 7.28. The summed E-state index contributed by atoms with van der Waals surface area (Å²) in [5.74, 6) is -0.340. The lowest BCUT2D eigenvalue weighted by atomic mass is 9.84. The summed E-state index contributed by atoms with van der Waals surface area (Å²) in [6, 6.07) is -0.0491. The van der Waals surface area contributed by atoms with Gasteiger partial charge >= 0.3 is 0 Å². The van der Waals surface area contributed by atoms with Gasteiger partial charge in [-0.1, -0.05) is 12.1 Å². The number of carbonyl (C=O) groups excluding carboxylic acids is 1. The van der Waals surface area contributed by atoms with Gasteiger partial charge in [-0.05, 0) is 27.2 Å². The Kier molecular flexibility index (Phi) is 5.95. The Labute approximate surface area is 102 Å². The van der Waals surface area contributed by atoms with Crippen molar-refractivity contribution in [2.45, 2.75) is 40.2 Å². The molecule has 6 nitrogen and oxygen atoms in total. The van der Waals surface area contributed by atoms with Crippen LogP contribution in [0.4, 0.5) is 0 Å². The van der Waals surface area contributed by atoms with Gasteiger partial charge in [0, 0.05) is 12.6 Å². The lowest BCUT2D eigenvalue weighted by molar-refractivity contribution is -0.140. The smallest absolute Gasteiger partial charge is 0.236 e. The molecule has 1 unspecified atom stereocenters. The van der Waals surface area contributed by atoms with E-state index in [1.807, 2.05) is 13.8 Å². The molecule has 0 aliphatic carbocycles. The molecule has 6 heteroatoms. The van der Waals surface area contributed by atoms with Gasteiger partial charge in [0.1, 0.15) is 5.41 Å². The molecule has 0 bridgehead atoms. The van der Waals surface area contributed by atoms with Crippen molar-refractivity contribution >= 4 is 11.7 Å². The van der Waals surface area contributed by atoms with Crippen LogP contribution in [0.25, 0.3) is 0 Å². The summed E-state index contributed by atoms with van der Waals surface area (Å²) in [6.07, 6.45) is 0.427. The van der Waals surface area contributed by atoms with E-state index < -0.39 is 5.41 Å². The van der Waals surface area contributed by atoms with Gasteiger partial charge in [0.2, 0.25) is 5.91 Å². The predicted octanol–water partition coefficient (Wildman–Crippen LogP) is 0.378. The maximum Gasteiger partial charge on any atom is 0.236 e. The van der Waals surface area contributed by atoms with Crippen molar-refractivity contribution in [3.8, 4) is 0 Å². The van der Waals surface area contributed by atoms with E-state index in [4.69, 9.17) is 16.0 Å². The van der Waals surface area contributed by atoms with E-state index in [2.05, 4.69) is 5.16 Å². The first-order valence-corrected chi connectivity index (χ1v) is 5.75. The maximum atomic E-state index is 12.4. The molecule has 1 atom stereocenters. The maximum absolute atomic E-state index is 12.4. The number of carbonyl (C=O) groups is 1. The molecule has 0 aromatic carbocycles. The molecule has 0 fully saturated rings. The lowest BCUT2D eigenvalue weighted by Crippen LogP contribution is -2.52. The molecule has 0 radical (unpaired) electrons. The number of amidine groups is 1.